The molecule has 3 aromatic rings. The Morgan fingerprint density at radius 2 is 1.93 bits per heavy atom. The van der Waals surface area contributed by atoms with Crippen LogP contribution in [0.25, 0.3) is 11.0 Å². The molecule has 2 amide bonds. The minimum absolute atomic E-state index is 0.0262. The van der Waals surface area contributed by atoms with Crippen LogP contribution in [0.5, 0.6) is 0 Å². The number of aryl methyl sites for hydroxylation is 1. The van der Waals surface area contributed by atoms with E-state index in [9.17, 15) is 23.2 Å². The number of imidazole rings is 1. The number of piperazine rings is 1. The van der Waals surface area contributed by atoms with Crippen molar-refractivity contribution in [3.63, 3.8) is 0 Å². The molecule has 0 bridgehead atoms. The zero-order valence-electron chi connectivity index (χ0n) is 22.8. The lowest BCUT2D eigenvalue weighted by Crippen LogP contribution is -2.63. The number of halogens is 2. The summed E-state index contributed by atoms with van der Waals surface area (Å²) in [7, 11) is 0. The normalized spacial score (nSPS) is 17.4. The minimum Gasteiger partial charge on any atom is -0.466 e. The van der Waals surface area contributed by atoms with Crippen molar-refractivity contribution in [2.45, 2.75) is 64.6 Å². The number of carbonyl (C=O) groups is 3. The fourth-order valence-corrected chi connectivity index (χ4v) is 5.35. The van der Waals surface area contributed by atoms with Gasteiger partial charge in [-0.15, -0.1) is 0 Å². The SMILES string of the molecule is CC(=O)OCCCn1c(NC(=O)c2cccc(C(F)F)c2)nc2cc(N3CCN(C4CC4)C(C)(C)C3=O)ccc21. The first kappa shape index (κ1) is 27.7. The molecule has 11 heteroatoms. The van der Waals surface area contributed by atoms with Gasteiger partial charge in [-0.3, -0.25) is 24.6 Å². The van der Waals surface area contributed by atoms with E-state index in [2.05, 4.69) is 15.2 Å². The first-order valence-electron chi connectivity index (χ1n) is 13.5. The number of hydrogen-bond acceptors (Lipinski definition) is 6. The molecule has 1 N–H and O–H groups in total. The van der Waals surface area contributed by atoms with Crippen molar-refractivity contribution in [3.8, 4) is 0 Å². The number of alkyl halides is 2. The first-order chi connectivity index (χ1) is 19.1. The zero-order chi connectivity index (χ0) is 28.6. The lowest BCUT2D eigenvalue weighted by atomic mass is 9.96. The summed E-state index contributed by atoms with van der Waals surface area (Å²) in [4.78, 5) is 46.4. The molecular formula is C29H33F2N5O4. The molecule has 2 aromatic carbocycles. The second-order valence-corrected chi connectivity index (χ2v) is 10.8. The third-order valence-electron chi connectivity index (χ3n) is 7.54. The molecule has 2 fully saturated rings. The van der Waals surface area contributed by atoms with Gasteiger partial charge in [0.25, 0.3) is 12.3 Å². The summed E-state index contributed by atoms with van der Waals surface area (Å²) in [5.41, 5.74) is 1.22. The number of amides is 2. The molecule has 2 aliphatic rings. The van der Waals surface area contributed by atoms with E-state index in [0.717, 1.165) is 25.5 Å². The number of carbonyl (C=O) groups excluding carboxylic acids is 3. The number of benzene rings is 2. The van der Waals surface area contributed by atoms with Crippen molar-refractivity contribution in [1.82, 2.24) is 14.5 Å². The third-order valence-corrected chi connectivity index (χ3v) is 7.54. The molecule has 5 rings (SSSR count). The van der Waals surface area contributed by atoms with E-state index < -0.39 is 17.9 Å². The molecule has 2 heterocycles. The molecular weight excluding hydrogens is 520 g/mol. The predicted octanol–water partition coefficient (Wildman–Crippen LogP) is 4.77. The van der Waals surface area contributed by atoms with Crippen LogP contribution >= 0.6 is 0 Å². The Kier molecular flexibility index (Phi) is 7.59. The summed E-state index contributed by atoms with van der Waals surface area (Å²) in [5.74, 6) is -0.708. The van der Waals surface area contributed by atoms with Crippen LogP contribution in [-0.2, 0) is 20.9 Å². The van der Waals surface area contributed by atoms with Crippen LogP contribution in [0, 0.1) is 0 Å². The fraction of sp³-hybridized carbons (Fsp3) is 0.448. The smallest absolute Gasteiger partial charge is 0.302 e. The van der Waals surface area contributed by atoms with Crippen LogP contribution < -0.4 is 10.2 Å². The van der Waals surface area contributed by atoms with Gasteiger partial charge in [-0.05, 0) is 63.4 Å². The molecule has 1 aliphatic heterocycles. The predicted molar refractivity (Wildman–Crippen MR) is 146 cm³/mol. The van der Waals surface area contributed by atoms with Crippen LogP contribution in [-0.4, -0.2) is 63.5 Å². The van der Waals surface area contributed by atoms with Crippen LogP contribution in [0.3, 0.4) is 0 Å². The highest BCUT2D eigenvalue weighted by molar-refractivity contribution is 6.05. The van der Waals surface area contributed by atoms with Crippen LogP contribution in [0.1, 0.15) is 62.4 Å². The fourth-order valence-electron chi connectivity index (χ4n) is 5.35. The van der Waals surface area contributed by atoms with Crippen molar-refractivity contribution in [2.75, 3.05) is 29.9 Å². The number of aromatic nitrogens is 2. The van der Waals surface area contributed by atoms with Gasteiger partial charge in [0, 0.05) is 49.4 Å². The third kappa shape index (κ3) is 5.56. The molecule has 1 aromatic heterocycles. The van der Waals surface area contributed by atoms with Crippen LogP contribution in [0.15, 0.2) is 42.5 Å². The molecule has 212 valence electrons. The van der Waals surface area contributed by atoms with Crippen molar-refractivity contribution in [3.05, 3.63) is 53.6 Å². The van der Waals surface area contributed by atoms with E-state index in [0.29, 0.717) is 42.3 Å². The Labute approximate surface area is 231 Å². The summed E-state index contributed by atoms with van der Waals surface area (Å²) in [6.07, 6.45) is 0.0133. The van der Waals surface area contributed by atoms with E-state index in [1.54, 1.807) is 9.47 Å². The Morgan fingerprint density at radius 3 is 2.62 bits per heavy atom. The summed E-state index contributed by atoms with van der Waals surface area (Å²) < 4.78 is 33.2. The zero-order valence-corrected chi connectivity index (χ0v) is 22.8. The van der Waals surface area contributed by atoms with E-state index >= 15 is 0 Å². The van der Waals surface area contributed by atoms with Crippen molar-refractivity contribution in [2.24, 2.45) is 0 Å². The van der Waals surface area contributed by atoms with Gasteiger partial charge in [0.15, 0.2) is 0 Å². The summed E-state index contributed by atoms with van der Waals surface area (Å²) >= 11 is 0. The summed E-state index contributed by atoms with van der Waals surface area (Å²) in [5, 5.41) is 2.75. The molecule has 0 atom stereocenters. The molecule has 1 saturated heterocycles. The molecule has 1 saturated carbocycles. The van der Waals surface area contributed by atoms with Gasteiger partial charge in [0.05, 0.1) is 23.2 Å². The maximum atomic E-state index is 13.5. The maximum Gasteiger partial charge on any atom is 0.302 e. The number of anilines is 2. The molecule has 0 spiro atoms. The summed E-state index contributed by atoms with van der Waals surface area (Å²) in [6.45, 7) is 7.18. The maximum absolute atomic E-state index is 13.5. The largest absolute Gasteiger partial charge is 0.466 e. The van der Waals surface area contributed by atoms with Gasteiger partial charge in [0.2, 0.25) is 11.9 Å². The van der Waals surface area contributed by atoms with E-state index in [-0.39, 0.29) is 35.6 Å². The van der Waals surface area contributed by atoms with Gasteiger partial charge in [-0.2, -0.15) is 0 Å². The summed E-state index contributed by atoms with van der Waals surface area (Å²) in [6, 6.07) is 11.3. The molecule has 40 heavy (non-hydrogen) atoms. The van der Waals surface area contributed by atoms with Gasteiger partial charge in [-0.1, -0.05) is 12.1 Å². The number of hydrogen-bond donors (Lipinski definition) is 1. The second kappa shape index (κ2) is 11.0. The van der Waals surface area contributed by atoms with Gasteiger partial charge < -0.3 is 14.2 Å². The van der Waals surface area contributed by atoms with E-state index in [4.69, 9.17) is 4.74 Å². The number of esters is 1. The average molecular weight is 554 g/mol. The Hall–Kier alpha value is -3.86. The molecule has 1 aliphatic carbocycles. The number of nitrogens with zero attached hydrogens (tertiary/aromatic N) is 4. The topological polar surface area (TPSA) is 96.8 Å². The van der Waals surface area contributed by atoms with Gasteiger partial charge >= 0.3 is 5.97 Å². The highest BCUT2D eigenvalue weighted by Gasteiger charge is 2.47. The quantitative estimate of drug-likeness (QED) is 0.303. The standard InChI is InChI=1S/C29H33F2N5O4/c1-18(37)40-15-5-12-35-24-11-10-22(34-13-14-36(21-8-9-21)29(2,3)27(34)39)17-23(24)32-28(35)33-26(38)20-7-4-6-19(16-20)25(30)31/h4,6-7,10-11,16-17,21,25H,5,8-9,12-15H2,1-3H3,(H,32,33,38). The highest BCUT2D eigenvalue weighted by atomic mass is 19.3. The Morgan fingerprint density at radius 1 is 1.15 bits per heavy atom. The lowest BCUT2D eigenvalue weighted by molar-refractivity contribution is -0.141. The average Bonchev–Trinajstić information content (AvgIpc) is 3.69. The van der Waals surface area contributed by atoms with Crippen molar-refractivity contribution in [1.29, 1.82) is 0 Å². The van der Waals surface area contributed by atoms with Gasteiger partial charge in [-0.25, -0.2) is 13.8 Å². The second-order valence-electron chi connectivity index (χ2n) is 10.8. The first-order valence-corrected chi connectivity index (χ1v) is 13.5. The molecule has 0 radical (unpaired) electrons. The molecule has 0 unspecified atom stereocenters. The van der Waals surface area contributed by atoms with E-state index in [1.165, 1.54) is 25.1 Å². The van der Waals surface area contributed by atoms with E-state index in [1.807, 2.05) is 32.0 Å². The van der Waals surface area contributed by atoms with Gasteiger partial charge in [0.1, 0.15) is 0 Å². The monoisotopic (exact) mass is 553 g/mol. The number of ether oxygens (including phenoxy) is 1. The Balaban J connectivity index is 1.44. The minimum atomic E-state index is -2.70. The van der Waals surface area contributed by atoms with Crippen molar-refractivity contribution < 1.29 is 27.9 Å². The van der Waals surface area contributed by atoms with Crippen molar-refractivity contribution >= 4 is 40.5 Å². The lowest BCUT2D eigenvalue weighted by Gasteiger charge is -2.46. The number of rotatable bonds is 9. The van der Waals surface area contributed by atoms with Crippen LogP contribution in [0.4, 0.5) is 20.4 Å². The Bertz CT molecular complexity index is 1450. The van der Waals surface area contributed by atoms with Crippen LogP contribution in [0.2, 0.25) is 0 Å². The highest BCUT2D eigenvalue weighted by Crippen LogP contribution is 2.37. The number of fused-ring (bicyclic) bond motifs is 1. The number of nitrogens with one attached hydrogen (secondary N) is 1. The molecule has 9 nitrogen and oxygen atoms in total.